The number of hydrogen-bond acceptors (Lipinski definition) is 6. The van der Waals surface area contributed by atoms with Gasteiger partial charge in [-0.05, 0) is 58.8 Å². The fraction of sp³-hybridized carbons (Fsp3) is 0.190. The molecule has 29 heavy (non-hydrogen) atoms. The topological polar surface area (TPSA) is 97.2 Å². The summed E-state index contributed by atoms with van der Waals surface area (Å²) in [6.45, 7) is 2.01. The van der Waals surface area contributed by atoms with Gasteiger partial charge in [-0.15, -0.1) is 0 Å². The van der Waals surface area contributed by atoms with E-state index in [1.54, 1.807) is 18.2 Å². The smallest absolute Gasteiger partial charge is 0.343 e. The number of halogens is 1. The molecule has 0 fully saturated rings. The predicted molar refractivity (Wildman–Crippen MR) is 112 cm³/mol. The molecule has 0 bridgehead atoms. The molecule has 1 aromatic heterocycles. The minimum Gasteiger partial charge on any atom is -0.490 e. The number of nitrogens with zero attached hydrogens (tertiary/aromatic N) is 2. The third-order valence-electron chi connectivity index (χ3n) is 3.97. The molecule has 0 aliphatic carbocycles. The number of nitrogens with one attached hydrogen (secondary N) is 1. The molecule has 0 spiro atoms. The van der Waals surface area contributed by atoms with Gasteiger partial charge in [-0.1, -0.05) is 12.1 Å². The fourth-order valence-electron chi connectivity index (χ4n) is 2.66. The maximum atomic E-state index is 11.4. The van der Waals surface area contributed by atoms with E-state index in [0.29, 0.717) is 39.5 Å². The number of ether oxygens (including phenoxy) is 3. The van der Waals surface area contributed by atoms with Gasteiger partial charge in [0.1, 0.15) is 11.9 Å². The van der Waals surface area contributed by atoms with Gasteiger partial charge in [0.05, 0.1) is 34.8 Å². The number of carbonyl (C=O) groups excluding carboxylic acids is 1. The van der Waals surface area contributed by atoms with E-state index in [2.05, 4.69) is 36.7 Å². The van der Waals surface area contributed by atoms with Crippen LogP contribution in [0.15, 0.2) is 40.9 Å². The first kappa shape index (κ1) is 20.4. The zero-order chi connectivity index (χ0) is 20.8. The van der Waals surface area contributed by atoms with Crippen molar-refractivity contribution in [2.24, 2.45) is 0 Å². The summed E-state index contributed by atoms with van der Waals surface area (Å²) in [6, 6.07) is 13.3. The lowest BCUT2D eigenvalue weighted by molar-refractivity contribution is -0.142. The molecule has 7 nitrogen and oxygen atoms in total. The number of hydrogen-bond donors (Lipinski definition) is 1. The number of H-pyrrole nitrogens is 1. The first-order valence-electron chi connectivity index (χ1n) is 8.78. The molecule has 0 amide bonds. The summed E-state index contributed by atoms with van der Waals surface area (Å²) >= 11 is 3.44. The average molecular weight is 456 g/mol. The van der Waals surface area contributed by atoms with Crippen LogP contribution in [-0.2, 0) is 9.53 Å². The van der Waals surface area contributed by atoms with Gasteiger partial charge in [0.25, 0.3) is 0 Å². The molecule has 148 valence electrons. The van der Waals surface area contributed by atoms with Crippen molar-refractivity contribution < 1.29 is 19.0 Å². The minimum absolute atomic E-state index is 0.243. The average Bonchev–Trinajstić information content (AvgIpc) is 3.15. The number of allylic oxidation sites excluding steroid dienone is 1. The summed E-state index contributed by atoms with van der Waals surface area (Å²) in [5.74, 6) is 0.810. The van der Waals surface area contributed by atoms with E-state index in [1.165, 1.54) is 7.11 Å². The first-order valence-corrected chi connectivity index (χ1v) is 9.57. The normalized spacial score (nSPS) is 11.2. The summed E-state index contributed by atoms with van der Waals surface area (Å²) < 4.78 is 16.4. The molecular weight excluding hydrogens is 438 g/mol. The zero-order valence-electron chi connectivity index (χ0n) is 15.9. The van der Waals surface area contributed by atoms with Crippen LogP contribution in [-0.4, -0.2) is 36.3 Å². The highest BCUT2D eigenvalue weighted by atomic mass is 79.9. The van der Waals surface area contributed by atoms with Gasteiger partial charge in [0, 0.05) is 0 Å². The standard InChI is InChI=1S/C21H18BrN3O4/c1-3-28-18-10-13(9-15(22)20(18)29-12-19(26)27-2)8-14(11-23)21-24-16-6-4-5-7-17(16)25-21/h4-10H,3,12H2,1-2H3,(H,24,25)/b14-8-. The van der Waals surface area contributed by atoms with E-state index in [4.69, 9.17) is 9.47 Å². The highest BCUT2D eigenvalue weighted by Crippen LogP contribution is 2.38. The van der Waals surface area contributed by atoms with Gasteiger partial charge in [0.15, 0.2) is 18.1 Å². The van der Waals surface area contributed by atoms with Crippen LogP contribution in [0.4, 0.5) is 0 Å². The van der Waals surface area contributed by atoms with Gasteiger partial charge in [-0.3, -0.25) is 0 Å². The number of carbonyl (C=O) groups is 1. The molecule has 8 heteroatoms. The number of imidazole rings is 1. The lowest BCUT2D eigenvalue weighted by atomic mass is 10.1. The summed E-state index contributed by atoms with van der Waals surface area (Å²) in [6.07, 6.45) is 1.70. The number of aromatic nitrogens is 2. The number of esters is 1. The SMILES string of the molecule is CCOc1cc(/C=C(/C#N)c2nc3ccccc3[nH]2)cc(Br)c1OCC(=O)OC. The predicted octanol–water partition coefficient (Wildman–Crippen LogP) is 4.34. The van der Waals surface area contributed by atoms with Crippen LogP contribution in [0, 0.1) is 11.3 Å². The Labute approximate surface area is 176 Å². The van der Waals surface area contributed by atoms with E-state index in [9.17, 15) is 10.1 Å². The summed E-state index contributed by atoms with van der Waals surface area (Å²) in [5, 5.41) is 9.64. The Kier molecular flexibility index (Phi) is 6.52. The van der Waals surface area contributed by atoms with Gasteiger partial charge >= 0.3 is 5.97 Å². The Balaban J connectivity index is 1.98. The largest absolute Gasteiger partial charge is 0.490 e. The van der Waals surface area contributed by atoms with Crippen molar-refractivity contribution in [3.63, 3.8) is 0 Å². The highest BCUT2D eigenvalue weighted by Gasteiger charge is 2.15. The second-order valence-electron chi connectivity index (χ2n) is 5.90. The van der Waals surface area contributed by atoms with Gasteiger partial charge in [-0.2, -0.15) is 5.26 Å². The number of nitriles is 1. The number of para-hydroxylation sites is 2. The molecule has 0 aliphatic heterocycles. The molecule has 0 aliphatic rings. The summed E-state index contributed by atoms with van der Waals surface area (Å²) in [7, 11) is 1.29. The molecule has 0 radical (unpaired) electrons. The van der Waals surface area contributed by atoms with Crippen LogP contribution in [0.25, 0.3) is 22.7 Å². The summed E-state index contributed by atoms with van der Waals surface area (Å²) in [5.41, 5.74) is 2.72. The van der Waals surface area contributed by atoms with Crippen LogP contribution >= 0.6 is 15.9 Å². The summed E-state index contributed by atoms with van der Waals surface area (Å²) in [4.78, 5) is 19.0. The fourth-order valence-corrected chi connectivity index (χ4v) is 3.24. The minimum atomic E-state index is -0.500. The molecule has 0 unspecified atom stereocenters. The molecule has 0 saturated heterocycles. The number of aromatic amines is 1. The molecule has 2 aromatic carbocycles. The molecule has 1 heterocycles. The van der Waals surface area contributed by atoms with Crippen LogP contribution in [0.3, 0.4) is 0 Å². The van der Waals surface area contributed by atoms with Crippen LogP contribution in [0.1, 0.15) is 18.3 Å². The third kappa shape index (κ3) is 4.76. The first-order chi connectivity index (χ1) is 14.0. The van der Waals surface area contributed by atoms with E-state index >= 15 is 0 Å². The molecule has 3 rings (SSSR count). The monoisotopic (exact) mass is 455 g/mol. The van der Waals surface area contributed by atoms with Crippen molar-refractivity contribution in [2.75, 3.05) is 20.3 Å². The quantitative estimate of drug-likeness (QED) is 0.420. The third-order valence-corrected chi connectivity index (χ3v) is 4.56. The van der Waals surface area contributed by atoms with Gasteiger partial charge in [0.2, 0.25) is 0 Å². The molecule has 3 aromatic rings. The second kappa shape index (κ2) is 9.26. The Hall–Kier alpha value is -3.31. The van der Waals surface area contributed by atoms with E-state index in [-0.39, 0.29) is 6.61 Å². The zero-order valence-corrected chi connectivity index (χ0v) is 17.4. The molecular formula is C21H18BrN3O4. The lowest BCUT2D eigenvalue weighted by Gasteiger charge is -2.14. The van der Waals surface area contributed by atoms with E-state index in [0.717, 1.165) is 11.0 Å². The van der Waals surface area contributed by atoms with Crippen molar-refractivity contribution in [1.82, 2.24) is 9.97 Å². The Morgan fingerprint density at radius 1 is 1.31 bits per heavy atom. The van der Waals surface area contributed by atoms with Crippen LogP contribution in [0.5, 0.6) is 11.5 Å². The number of methoxy groups -OCH3 is 1. The maximum Gasteiger partial charge on any atom is 0.343 e. The molecule has 0 saturated carbocycles. The lowest BCUT2D eigenvalue weighted by Crippen LogP contribution is -2.13. The van der Waals surface area contributed by atoms with Crippen molar-refractivity contribution in [3.05, 3.63) is 52.3 Å². The van der Waals surface area contributed by atoms with Gasteiger partial charge < -0.3 is 19.2 Å². The Morgan fingerprint density at radius 2 is 2.10 bits per heavy atom. The maximum absolute atomic E-state index is 11.4. The molecule has 1 N–H and O–H groups in total. The number of rotatable bonds is 7. The van der Waals surface area contributed by atoms with Crippen molar-refractivity contribution >= 4 is 44.6 Å². The Bertz CT molecular complexity index is 1080. The highest BCUT2D eigenvalue weighted by molar-refractivity contribution is 9.10. The van der Waals surface area contributed by atoms with Crippen molar-refractivity contribution in [3.8, 4) is 17.6 Å². The van der Waals surface area contributed by atoms with E-state index < -0.39 is 5.97 Å². The van der Waals surface area contributed by atoms with Crippen LogP contribution in [0.2, 0.25) is 0 Å². The molecule has 0 atom stereocenters. The number of fused-ring (bicyclic) bond motifs is 1. The van der Waals surface area contributed by atoms with Crippen LogP contribution < -0.4 is 9.47 Å². The van der Waals surface area contributed by atoms with Crippen molar-refractivity contribution in [2.45, 2.75) is 6.92 Å². The van der Waals surface area contributed by atoms with Gasteiger partial charge in [-0.25, -0.2) is 9.78 Å². The Morgan fingerprint density at radius 3 is 2.79 bits per heavy atom. The number of benzene rings is 2. The van der Waals surface area contributed by atoms with Crippen molar-refractivity contribution in [1.29, 1.82) is 5.26 Å². The second-order valence-corrected chi connectivity index (χ2v) is 6.75. The van der Waals surface area contributed by atoms with E-state index in [1.807, 2.05) is 31.2 Å².